The van der Waals surface area contributed by atoms with Gasteiger partial charge in [0, 0.05) is 117 Å². The Morgan fingerprint density at radius 2 is 1.00 bits per heavy atom. The molecule has 0 saturated carbocycles. The first kappa shape index (κ1) is 74.8. The van der Waals surface area contributed by atoms with Crippen molar-refractivity contribution in [1.29, 1.82) is 0 Å². The van der Waals surface area contributed by atoms with Gasteiger partial charge in [0.15, 0.2) is 31.3 Å². The third-order valence-electron chi connectivity index (χ3n) is 15.6. The van der Waals surface area contributed by atoms with Crippen molar-refractivity contribution in [3.8, 4) is 22.5 Å². The topological polar surface area (TPSA) is 262 Å². The van der Waals surface area contributed by atoms with E-state index in [4.69, 9.17) is 29.5 Å². The summed E-state index contributed by atoms with van der Waals surface area (Å²) in [4.78, 5) is 57.7. The van der Waals surface area contributed by atoms with Crippen LogP contribution in [0.4, 0.5) is 38.8 Å². The summed E-state index contributed by atoms with van der Waals surface area (Å²) in [5, 5.41) is 17.0. The number of rotatable bonds is 16. The van der Waals surface area contributed by atoms with E-state index in [9.17, 15) is 30.8 Å². The third-order valence-corrected chi connectivity index (χ3v) is 19.9. The third kappa shape index (κ3) is 18.9. The smallest absolute Gasteiger partial charge is 0.444 e. The molecule has 512 valence electrons. The molecule has 8 heterocycles. The molecule has 2 fully saturated rings. The van der Waals surface area contributed by atoms with Gasteiger partial charge in [-0.1, -0.05) is 33.4 Å². The number of aromatic nitrogens is 8. The van der Waals surface area contributed by atoms with Crippen LogP contribution in [0.1, 0.15) is 112 Å². The molecule has 0 spiro atoms. The highest BCUT2D eigenvalue weighted by Crippen LogP contribution is 2.37. The summed E-state index contributed by atoms with van der Waals surface area (Å²) in [5.41, 5.74) is 1.46. The molecule has 2 N–H and O–H groups in total. The van der Waals surface area contributed by atoms with Crippen LogP contribution < -0.4 is 15.3 Å². The van der Waals surface area contributed by atoms with Gasteiger partial charge in [0.05, 0.1) is 43.1 Å². The van der Waals surface area contributed by atoms with E-state index in [-0.39, 0.29) is 65.7 Å². The first-order valence-corrected chi connectivity index (χ1v) is 35.3. The Morgan fingerprint density at radius 3 is 1.39 bits per heavy atom. The van der Waals surface area contributed by atoms with Gasteiger partial charge in [-0.25, -0.2) is 73.9 Å². The fourth-order valence-electron chi connectivity index (χ4n) is 11.0. The number of ether oxygens (including phenoxy) is 2. The Kier molecular flexibility index (Phi) is 24.9. The average Bonchev–Trinajstić information content (AvgIpc) is 1.63. The molecule has 0 aliphatic carbocycles. The lowest BCUT2D eigenvalue weighted by molar-refractivity contribution is 0.0195. The molecule has 10 rings (SSSR count). The molecule has 95 heavy (non-hydrogen) atoms. The summed E-state index contributed by atoms with van der Waals surface area (Å²) in [6.45, 7) is 16.8. The van der Waals surface area contributed by atoms with E-state index < -0.39 is 72.8 Å². The van der Waals surface area contributed by atoms with E-state index in [1.807, 2.05) is 55.6 Å². The number of pyridine rings is 2. The van der Waals surface area contributed by atoms with Crippen molar-refractivity contribution in [1.82, 2.24) is 48.8 Å². The molecule has 0 unspecified atom stereocenters. The lowest BCUT2D eigenvalue weighted by atomic mass is 9.83. The van der Waals surface area contributed by atoms with Crippen LogP contribution in [0.2, 0.25) is 0 Å². The number of nitrogens with zero attached hydrogens (tertiary/aromatic N) is 12. The van der Waals surface area contributed by atoms with E-state index in [0.717, 1.165) is 25.0 Å². The molecule has 2 saturated heterocycles. The van der Waals surface area contributed by atoms with Crippen LogP contribution >= 0.6 is 22.6 Å². The second-order valence-electron chi connectivity index (χ2n) is 25.0. The maximum atomic E-state index is 15.9. The number of amides is 2. The van der Waals surface area contributed by atoms with Crippen molar-refractivity contribution in [2.45, 2.75) is 136 Å². The van der Waals surface area contributed by atoms with E-state index in [1.54, 1.807) is 72.7 Å². The van der Waals surface area contributed by atoms with Crippen LogP contribution in [0.15, 0.2) is 98.4 Å². The fraction of sp³-hybridized carbons (Fsp3) is 0.446. The van der Waals surface area contributed by atoms with Crippen LogP contribution in [0.3, 0.4) is 0 Å². The Balaban J connectivity index is 0.000000236. The number of anilines is 2. The van der Waals surface area contributed by atoms with Gasteiger partial charge in [0.1, 0.15) is 64.0 Å². The molecule has 22 nitrogen and oxygen atoms in total. The molecule has 2 aliphatic heterocycles. The summed E-state index contributed by atoms with van der Waals surface area (Å²) in [6, 6.07) is 11.9. The fourth-order valence-corrected chi connectivity index (χ4v) is 14.6. The Bertz CT molecular complexity index is 4210. The predicted octanol–water partition coefficient (Wildman–Crippen LogP) is 10.8. The van der Waals surface area contributed by atoms with Crippen LogP contribution in [0.5, 0.6) is 0 Å². The van der Waals surface area contributed by atoms with Gasteiger partial charge in [-0.2, -0.15) is 0 Å². The molecule has 8 aromatic rings. The highest BCUT2D eigenvalue weighted by Gasteiger charge is 2.33. The van der Waals surface area contributed by atoms with Crippen LogP contribution in [-0.4, -0.2) is 170 Å². The molecule has 0 radical (unpaired) electrons. The number of hydrogen-bond acceptors (Lipinski definition) is 18. The molecular weight excluding hydrogens is 1390 g/mol. The van der Waals surface area contributed by atoms with Gasteiger partial charge in [-0.05, 0) is 139 Å². The standard InChI is InChI=1S/C32H38F2N6O4S.C28H35F2IN4O4S.C4H5BN2O2.CH4/c1-6-15-45(42,43)19-21-7-8-25(33)30(28(21)34)40-18-24(22-16-35-20-36-17-22)29-26(40)9-10-27(37-29)38(5)23-11-13-39(14-12-23)31(41)44-32(2,3)4;1-6-15-40(37,38)17-18-7-8-20(29)26(24(18)30)35-16-21(31)25-22(35)9-10-23(32-25)33(5)19-11-13-34(14-12-19)27(36)39-28(2,3)4;8-5(9)4-1-6-3-7-2-4;/h7-10,16-18,20,23H,6,11-15,19H2,1-5H3;7-10,16,19H,6,11-15,17H2,1-5H3;1-3,8-9H;1H4. The SMILES string of the molecule is C.CCCS(=O)(=O)Cc1ccc(F)c(-n2cc(-c3cncnc3)c3nc(N(C)C4CCN(C(=O)OC(C)(C)C)CC4)ccc32)c1F.CCCS(=O)(=O)Cc1ccc(F)c(-n2cc(I)c3nc(N(C)C4CCN(C(=O)OC(C)(C)C)CC4)ccc32)c1F.OB(O)c1cncnc1. The maximum absolute atomic E-state index is 15.9. The molecule has 30 heteroatoms. The number of sulfone groups is 2. The van der Waals surface area contributed by atoms with E-state index in [0.29, 0.717) is 106 Å². The van der Waals surface area contributed by atoms with Gasteiger partial charge in [-0.3, -0.25) is 0 Å². The number of benzene rings is 2. The minimum atomic E-state index is -3.58. The highest BCUT2D eigenvalue weighted by atomic mass is 127. The minimum absolute atomic E-state index is 0. The molecule has 0 atom stereocenters. The summed E-state index contributed by atoms with van der Waals surface area (Å²) >= 11 is 2.09. The monoisotopic (exact) mass is 1470 g/mol. The van der Waals surface area contributed by atoms with Crippen LogP contribution in [0.25, 0.3) is 44.6 Å². The Labute approximate surface area is 566 Å². The number of carbonyl (C=O) groups excluding carboxylic acids is 2. The second-order valence-corrected chi connectivity index (χ2v) is 30.6. The first-order valence-electron chi connectivity index (χ1n) is 30.6. The second kappa shape index (κ2) is 31.6. The number of halogens is 5. The molecule has 2 aromatic carbocycles. The van der Waals surface area contributed by atoms with Crippen molar-refractivity contribution in [3.63, 3.8) is 0 Å². The van der Waals surface area contributed by atoms with Gasteiger partial charge < -0.3 is 48.3 Å². The number of piperidine rings is 2. The van der Waals surface area contributed by atoms with E-state index in [2.05, 4.69) is 52.3 Å². The quantitative estimate of drug-likeness (QED) is 0.0517. The largest absolute Gasteiger partial charge is 0.491 e. The highest BCUT2D eigenvalue weighted by molar-refractivity contribution is 14.1. The molecule has 0 bridgehead atoms. The average molecular weight is 1470 g/mol. The van der Waals surface area contributed by atoms with Crippen LogP contribution in [-0.2, 0) is 40.7 Å². The molecule has 2 aliphatic rings. The van der Waals surface area contributed by atoms with Crippen LogP contribution in [0, 0.1) is 26.8 Å². The lowest BCUT2D eigenvalue weighted by Crippen LogP contribution is -2.47. The molecular formula is C65H82BF4IN12O10S2. The first-order chi connectivity index (χ1) is 44.3. The van der Waals surface area contributed by atoms with Gasteiger partial charge in [-0.15, -0.1) is 0 Å². The zero-order valence-electron chi connectivity index (χ0n) is 54.1. The zero-order chi connectivity index (χ0) is 68.6. The zero-order valence-corrected chi connectivity index (χ0v) is 57.9. The normalized spacial score (nSPS) is 14.1. The summed E-state index contributed by atoms with van der Waals surface area (Å²) in [7, 11) is -4.68. The number of likely N-dealkylation sites (tertiary alicyclic amines) is 2. The lowest BCUT2D eigenvalue weighted by Gasteiger charge is -2.37. The Morgan fingerprint density at radius 1 is 0.611 bits per heavy atom. The number of fused-ring (bicyclic) bond motifs is 2. The van der Waals surface area contributed by atoms with Gasteiger partial charge >= 0.3 is 19.3 Å². The maximum Gasteiger partial charge on any atom is 0.491 e. The minimum Gasteiger partial charge on any atom is -0.444 e. The van der Waals surface area contributed by atoms with Gasteiger partial charge in [0.2, 0.25) is 0 Å². The summed E-state index contributed by atoms with van der Waals surface area (Å²) in [5.74, 6) is -3.29. The molecule has 2 amide bonds. The van der Waals surface area contributed by atoms with Crippen molar-refractivity contribution in [2.24, 2.45) is 0 Å². The van der Waals surface area contributed by atoms with Crippen molar-refractivity contribution < 1.29 is 63.5 Å². The van der Waals surface area contributed by atoms with Gasteiger partial charge in [0.25, 0.3) is 0 Å². The predicted molar refractivity (Wildman–Crippen MR) is 368 cm³/mol. The number of hydrogen-bond donors (Lipinski definition) is 2. The summed E-state index contributed by atoms with van der Waals surface area (Å²) in [6.07, 6.45) is 14.9. The molecule has 6 aromatic heterocycles. The van der Waals surface area contributed by atoms with Crippen molar-refractivity contribution in [2.75, 3.05) is 61.6 Å². The van der Waals surface area contributed by atoms with E-state index >= 15 is 13.2 Å². The van der Waals surface area contributed by atoms with Crippen molar-refractivity contribution in [3.05, 3.63) is 136 Å². The van der Waals surface area contributed by atoms with E-state index in [1.165, 1.54) is 46.3 Å². The van der Waals surface area contributed by atoms with Crippen molar-refractivity contribution >= 4 is 101 Å². The Hall–Kier alpha value is -7.55. The summed E-state index contributed by atoms with van der Waals surface area (Å²) < 4.78 is 126. The number of carbonyl (C=O) groups is 2.